The van der Waals surface area contributed by atoms with Gasteiger partial charge in [0, 0.05) is 37.7 Å². The number of carbonyl (C=O) groups is 8. The number of fused-ring (bicyclic) bond motifs is 5. The highest BCUT2D eigenvalue weighted by atomic mass is 16.6. The molecule has 4 aliphatic rings. The van der Waals surface area contributed by atoms with Crippen LogP contribution in [0, 0.1) is 16.7 Å². The monoisotopic (exact) mass is 997 g/mol. The molecule has 0 spiro atoms. The van der Waals surface area contributed by atoms with Gasteiger partial charge in [0.1, 0.15) is 36.1 Å². The number of Topliss-reactive ketones (excluding diaryl/α,β-unsaturated/α-hetero) is 1. The maximum absolute atomic E-state index is 15.7. The predicted molar refractivity (Wildman–Crippen MR) is 249 cm³/mol. The molecule has 3 unspecified atom stereocenters. The molecule has 2 saturated carbocycles. The van der Waals surface area contributed by atoms with Crippen LogP contribution in [0.3, 0.4) is 0 Å². The number of benzene rings is 3. The van der Waals surface area contributed by atoms with E-state index < -0.39 is 137 Å². The molecule has 0 radical (unpaired) electrons. The molecule has 2 bridgehead atoms. The van der Waals surface area contributed by atoms with Gasteiger partial charge in [0.2, 0.25) is 6.10 Å². The van der Waals surface area contributed by atoms with Gasteiger partial charge in [-0.15, -0.1) is 0 Å². The Bertz CT molecular complexity index is 2640. The van der Waals surface area contributed by atoms with Gasteiger partial charge in [-0.3, -0.25) is 19.2 Å². The van der Waals surface area contributed by atoms with Crippen LogP contribution in [0.1, 0.15) is 101 Å². The van der Waals surface area contributed by atoms with E-state index >= 15 is 9.59 Å². The van der Waals surface area contributed by atoms with Crippen LogP contribution in [0.2, 0.25) is 0 Å². The van der Waals surface area contributed by atoms with Crippen LogP contribution in [-0.4, -0.2) is 129 Å². The largest absolute Gasteiger partial charge is 0.455 e. The fraction of sp³-hybridized carbons (Fsp3) is 0.472. The third-order valence-electron chi connectivity index (χ3n) is 14.7. The fourth-order valence-electron chi connectivity index (χ4n) is 10.8. The summed E-state index contributed by atoms with van der Waals surface area (Å²) in [5, 5.41) is 38.7. The first-order chi connectivity index (χ1) is 33.9. The van der Waals surface area contributed by atoms with Crippen molar-refractivity contribution in [2.75, 3.05) is 6.61 Å². The third-order valence-corrected chi connectivity index (χ3v) is 14.7. The average molecular weight is 998 g/mol. The summed E-state index contributed by atoms with van der Waals surface area (Å²) < 4.78 is 41.6. The van der Waals surface area contributed by atoms with Crippen LogP contribution in [-0.2, 0) is 61.9 Å². The van der Waals surface area contributed by atoms with Gasteiger partial charge < -0.3 is 53.8 Å². The molecule has 1 aliphatic heterocycles. The van der Waals surface area contributed by atoms with E-state index in [1.807, 2.05) is 0 Å². The summed E-state index contributed by atoms with van der Waals surface area (Å²) in [5.74, 6) is -9.92. The molecule has 3 aliphatic carbocycles. The Kier molecular flexibility index (Phi) is 15.0. The summed E-state index contributed by atoms with van der Waals surface area (Å²) in [6, 6.07) is 21.9. The first-order valence-corrected chi connectivity index (χ1v) is 23.5. The minimum absolute atomic E-state index is 0.0133. The Morgan fingerprint density at radius 2 is 1.35 bits per heavy atom. The Labute approximate surface area is 415 Å². The van der Waals surface area contributed by atoms with Crippen molar-refractivity contribution in [2.24, 2.45) is 16.7 Å². The maximum Gasteiger partial charge on any atom is 0.350 e. The molecule has 7 rings (SSSR count). The van der Waals surface area contributed by atoms with E-state index in [-0.39, 0.29) is 40.9 Å². The number of carbonyl (C=O) groups excluding carboxylic acids is 8. The van der Waals surface area contributed by atoms with Gasteiger partial charge in [-0.1, -0.05) is 80.6 Å². The van der Waals surface area contributed by atoms with Crippen molar-refractivity contribution in [3.63, 3.8) is 0 Å². The summed E-state index contributed by atoms with van der Waals surface area (Å²) in [5.41, 5.74) is -7.94. The van der Waals surface area contributed by atoms with Crippen molar-refractivity contribution in [2.45, 2.75) is 134 Å². The lowest BCUT2D eigenvalue weighted by Crippen LogP contribution is -2.82. The van der Waals surface area contributed by atoms with Crippen LogP contribution in [0.4, 0.5) is 0 Å². The second kappa shape index (κ2) is 20.4. The van der Waals surface area contributed by atoms with E-state index in [2.05, 4.69) is 5.32 Å². The Morgan fingerprint density at radius 3 is 1.89 bits per heavy atom. The van der Waals surface area contributed by atoms with Crippen LogP contribution >= 0.6 is 0 Å². The van der Waals surface area contributed by atoms with Gasteiger partial charge in [-0.05, 0) is 68.7 Å². The number of aliphatic hydroxyl groups excluding tert-OH is 2. The normalized spacial score (nSPS) is 29.8. The quantitative estimate of drug-likeness (QED) is 0.102. The lowest BCUT2D eigenvalue weighted by atomic mass is 9.44. The molecule has 3 aromatic rings. The highest BCUT2D eigenvalue weighted by Gasteiger charge is 2.78. The Balaban J connectivity index is 1.42. The molecule has 1 amide bonds. The summed E-state index contributed by atoms with van der Waals surface area (Å²) in [6.45, 7) is 9.88. The van der Waals surface area contributed by atoms with Crippen LogP contribution in [0.15, 0.2) is 102 Å². The second-order valence-electron chi connectivity index (χ2n) is 19.5. The molecule has 13 atom stereocenters. The Hall–Kier alpha value is -6.80. The van der Waals surface area contributed by atoms with Crippen molar-refractivity contribution in [1.29, 1.82) is 0 Å². The number of hydrogen-bond acceptors (Lipinski definition) is 18. The maximum atomic E-state index is 15.7. The minimum Gasteiger partial charge on any atom is -0.455 e. The molecule has 3 fully saturated rings. The van der Waals surface area contributed by atoms with Gasteiger partial charge in [0.15, 0.2) is 23.6 Å². The Morgan fingerprint density at radius 1 is 0.764 bits per heavy atom. The van der Waals surface area contributed by atoms with Crippen LogP contribution in [0.5, 0.6) is 0 Å². The smallest absolute Gasteiger partial charge is 0.350 e. The average Bonchev–Trinajstić information content (AvgIpc) is 3.33. The van der Waals surface area contributed by atoms with E-state index in [9.17, 15) is 44.1 Å². The van der Waals surface area contributed by atoms with Crippen LogP contribution < -0.4 is 5.32 Å². The summed E-state index contributed by atoms with van der Waals surface area (Å²) >= 11 is 0. The van der Waals surface area contributed by atoms with E-state index in [0.29, 0.717) is 0 Å². The van der Waals surface area contributed by atoms with Crippen molar-refractivity contribution in [1.82, 2.24) is 5.32 Å². The zero-order valence-electron chi connectivity index (χ0n) is 41.0. The highest BCUT2D eigenvalue weighted by molar-refractivity contribution is 5.96. The van der Waals surface area contributed by atoms with E-state index in [4.69, 9.17) is 33.2 Å². The van der Waals surface area contributed by atoms with E-state index in [1.165, 1.54) is 64.1 Å². The molecule has 72 heavy (non-hydrogen) atoms. The topological polar surface area (TPSA) is 274 Å². The van der Waals surface area contributed by atoms with E-state index in [1.54, 1.807) is 54.6 Å². The molecular weight excluding hydrogens is 939 g/mol. The van der Waals surface area contributed by atoms with Crippen molar-refractivity contribution in [3.8, 4) is 0 Å². The zero-order chi connectivity index (χ0) is 52.7. The number of hydrogen-bond donors (Lipinski definition) is 4. The molecule has 4 N–H and O–H groups in total. The van der Waals surface area contributed by atoms with Gasteiger partial charge in [-0.2, -0.15) is 0 Å². The number of esters is 6. The standard InChI is InChI=1S/C53H59NO18/c1-27-35(69-49(64)41(70-47(62)29(3)67-46(61)28(2)55)39(32-18-12-9-13-19-32)54-45(60)33-20-14-10-15-21-33)25-53(65)44(71-48(63)34-22-16-11-17-23-34)42-51(8,36(58)24-37-52(42,26-66-37)72-31(5)57)43(59)40(68-30(4)56)38(27)50(53,6)7/h9-23,28-29,35-37,39-42,44,55,58,65H,24-26H2,1-8H3,(H,54,60)/t28-,29-,35?,36-,37+,39?,40+,41+,42?,44-,51+,52-,53+/m0/s1. The molecular formula is C53H59NO18. The zero-order valence-corrected chi connectivity index (χ0v) is 41.0. The second-order valence-corrected chi connectivity index (χ2v) is 19.5. The lowest BCUT2D eigenvalue weighted by molar-refractivity contribution is -0.346. The van der Waals surface area contributed by atoms with Crippen molar-refractivity contribution >= 4 is 47.5 Å². The van der Waals surface area contributed by atoms with Gasteiger partial charge >= 0.3 is 35.8 Å². The molecule has 0 aromatic heterocycles. The number of ketones is 1. The van der Waals surface area contributed by atoms with Crippen LogP contribution in [0.25, 0.3) is 0 Å². The van der Waals surface area contributed by atoms with E-state index in [0.717, 1.165) is 27.7 Å². The summed E-state index contributed by atoms with van der Waals surface area (Å²) in [7, 11) is 0. The first-order valence-electron chi connectivity index (χ1n) is 23.5. The molecule has 384 valence electrons. The first kappa shape index (κ1) is 53.0. The molecule has 3 aromatic carbocycles. The molecule has 1 heterocycles. The number of rotatable bonds is 14. The molecule has 19 nitrogen and oxygen atoms in total. The SMILES string of the molecule is CC(=O)O[C@H]1C(=O)[C@@]2(C)C([C@H](OC(=O)c3ccccc3)[C@]3(O)CC(OC(=O)[C@H](OC(=O)[C@H](C)OC(=O)[C@H](C)O)C(NC(=O)c4ccccc4)c4ccccc4)C(C)=C1C3(C)C)[C@]1(OC(C)=O)CO[C@@H]1C[C@@H]2O. The fourth-order valence-corrected chi connectivity index (χ4v) is 10.8. The van der Waals surface area contributed by atoms with Gasteiger partial charge in [0.25, 0.3) is 5.91 Å². The molecule has 1 saturated heterocycles. The summed E-state index contributed by atoms with van der Waals surface area (Å²) in [4.78, 5) is 112. The highest BCUT2D eigenvalue weighted by Crippen LogP contribution is 2.64. The number of aliphatic hydroxyl groups is 3. The summed E-state index contributed by atoms with van der Waals surface area (Å²) in [6.07, 6.45) is -14.7. The molecule has 19 heteroatoms. The number of ether oxygens (including phenoxy) is 7. The van der Waals surface area contributed by atoms with Crippen molar-refractivity contribution < 1.29 is 86.8 Å². The van der Waals surface area contributed by atoms with Gasteiger partial charge in [0.05, 0.1) is 29.6 Å². The lowest BCUT2D eigenvalue weighted by Gasteiger charge is -2.67. The third kappa shape index (κ3) is 9.53. The van der Waals surface area contributed by atoms with Crippen molar-refractivity contribution in [3.05, 3.63) is 119 Å². The number of amides is 1. The minimum atomic E-state index is -2.52. The predicted octanol–water partition coefficient (Wildman–Crippen LogP) is 3.60. The van der Waals surface area contributed by atoms with Gasteiger partial charge in [-0.25, -0.2) is 19.2 Å². The number of nitrogens with one attached hydrogen (secondary N) is 1.